The molecule has 2 rings (SSSR count). The number of carbonyl (C=O) groups is 1. The zero-order chi connectivity index (χ0) is 13.9. The normalized spacial score (nSPS) is 17.1. The summed E-state index contributed by atoms with van der Waals surface area (Å²) in [7, 11) is 0. The zero-order valence-corrected chi connectivity index (χ0v) is 10.5. The predicted molar refractivity (Wildman–Crippen MR) is 68.8 cm³/mol. The first-order valence-electron chi connectivity index (χ1n) is 6.25. The van der Waals surface area contributed by atoms with E-state index in [1.54, 1.807) is 0 Å². The molecule has 6 nitrogen and oxygen atoms in total. The highest BCUT2D eigenvalue weighted by Crippen LogP contribution is 2.28. The van der Waals surface area contributed by atoms with Gasteiger partial charge in [-0.3, -0.25) is 14.9 Å². The molecule has 0 spiro atoms. The van der Waals surface area contributed by atoms with E-state index in [1.165, 1.54) is 24.3 Å². The number of carbonyl (C=O) groups excluding carboxylic acids is 1. The molecule has 1 fully saturated rings. The van der Waals surface area contributed by atoms with Crippen molar-refractivity contribution in [2.45, 2.75) is 31.3 Å². The first kappa shape index (κ1) is 13.5. The first-order valence-corrected chi connectivity index (χ1v) is 6.25. The summed E-state index contributed by atoms with van der Waals surface area (Å²) in [4.78, 5) is 22.0. The van der Waals surface area contributed by atoms with E-state index in [0.717, 1.165) is 12.8 Å². The van der Waals surface area contributed by atoms with Crippen molar-refractivity contribution in [3.05, 3.63) is 39.9 Å². The number of nitro benzene ring substituents is 1. The number of hydrogen-bond donors (Lipinski definition) is 2. The minimum absolute atomic E-state index is 0.118. The predicted octanol–water partition coefficient (Wildman–Crippen LogP) is 1.63. The summed E-state index contributed by atoms with van der Waals surface area (Å²) < 4.78 is 0. The lowest BCUT2D eigenvalue weighted by Gasteiger charge is -2.22. The van der Waals surface area contributed by atoms with Crippen molar-refractivity contribution in [2.24, 2.45) is 0 Å². The number of hydrogen-bond acceptors (Lipinski definition) is 4. The number of amides is 1. The summed E-state index contributed by atoms with van der Waals surface area (Å²) in [6.07, 6.45) is 3.29. The molecule has 0 atom stereocenters. The van der Waals surface area contributed by atoms with E-state index in [-0.39, 0.29) is 17.8 Å². The van der Waals surface area contributed by atoms with Crippen molar-refractivity contribution in [1.29, 1.82) is 0 Å². The number of benzene rings is 1. The summed E-state index contributed by atoms with van der Waals surface area (Å²) >= 11 is 0. The summed E-state index contributed by atoms with van der Waals surface area (Å²) in [6, 6.07) is 5.55. The second kappa shape index (κ2) is 5.36. The number of nitrogens with zero attached hydrogens (tertiary/aromatic N) is 1. The fourth-order valence-corrected chi connectivity index (χ4v) is 2.32. The van der Waals surface area contributed by atoms with E-state index >= 15 is 0 Å². The number of nitrogens with one attached hydrogen (secondary N) is 1. The highest BCUT2D eigenvalue weighted by molar-refractivity contribution is 5.94. The lowest BCUT2D eigenvalue weighted by molar-refractivity contribution is -0.384. The van der Waals surface area contributed by atoms with Crippen LogP contribution < -0.4 is 5.32 Å². The molecule has 6 heteroatoms. The van der Waals surface area contributed by atoms with Gasteiger partial charge < -0.3 is 10.4 Å². The van der Waals surface area contributed by atoms with Crippen LogP contribution in [-0.2, 0) is 0 Å². The van der Waals surface area contributed by atoms with Crippen LogP contribution in [0.15, 0.2) is 24.3 Å². The van der Waals surface area contributed by atoms with Gasteiger partial charge in [0.15, 0.2) is 0 Å². The maximum atomic E-state index is 11.9. The lowest BCUT2D eigenvalue weighted by atomic mass is 10.0. The van der Waals surface area contributed by atoms with Gasteiger partial charge in [0.25, 0.3) is 11.6 Å². The summed E-state index contributed by atoms with van der Waals surface area (Å²) in [5.74, 6) is -0.399. The molecule has 1 aliphatic carbocycles. The number of aliphatic hydroxyl groups is 1. The Morgan fingerprint density at radius 1 is 1.42 bits per heavy atom. The van der Waals surface area contributed by atoms with Gasteiger partial charge in [-0.05, 0) is 18.9 Å². The first-order chi connectivity index (χ1) is 9.00. The Morgan fingerprint density at radius 3 is 2.74 bits per heavy atom. The molecule has 0 unspecified atom stereocenters. The van der Waals surface area contributed by atoms with Gasteiger partial charge in [-0.15, -0.1) is 0 Å². The molecule has 1 aliphatic rings. The molecule has 2 N–H and O–H groups in total. The van der Waals surface area contributed by atoms with Gasteiger partial charge in [-0.2, -0.15) is 0 Å². The third-order valence-corrected chi connectivity index (χ3v) is 3.43. The zero-order valence-electron chi connectivity index (χ0n) is 10.5. The van der Waals surface area contributed by atoms with E-state index < -0.39 is 16.4 Å². The van der Waals surface area contributed by atoms with Crippen LogP contribution in [0.5, 0.6) is 0 Å². The quantitative estimate of drug-likeness (QED) is 0.638. The Bertz CT molecular complexity index is 495. The molecular formula is C13H16N2O4. The SMILES string of the molecule is O=C(NCC1(O)CCCC1)c1cccc([N+](=O)[O-])c1. The number of nitro groups is 1. The van der Waals surface area contributed by atoms with Crippen LogP contribution in [-0.4, -0.2) is 28.1 Å². The molecule has 0 radical (unpaired) electrons. The highest BCUT2D eigenvalue weighted by atomic mass is 16.6. The van der Waals surface area contributed by atoms with Crippen molar-refractivity contribution in [3.63, 3.8) is 0 Å². The van der Waals surface area contributed by atoms with E-state index in [2.05, 4.69) is 5.32 Å². The number of non-ortho nitro benzene ring substituents is 1. The topological polar surface area (TPSA) is 92.5 Å². The van der Waals surface area contributed by atoms with Crippen molar-refractivity contribution >= 4 is 11.6 Å². The monoisotopic (exact) mass is 264 g/mol. The van der Waals surface area contributed by atoms with E-state index in [9.17, 15) is 20.0 Å². The van der Waals surface area contributed by atoms with Gasteiger partial charge in [0, 0.05) is 24.2 Å². The molecule has 1 amide bonds. The third kappa shape index (κ3) is 3.29. The summed E-state index contributed by atoms with van der Waals surface area (Å²) in [5, 5.41) is 23.4. The Kier molecular flexibility index (Phi) is 3.80. The van der Waals surface area contributed by atoms with E-state index in [4.69, 9.17) is 0 Å². The summed E-state index contributed by atoms with van der Waals surface area (Å²) in [5.41, 5.74) is -0.709. The highest BCUT2D eigenvalue weighted by Gasteiger charge is 2.31. The molecular weight excluding hydrogens is 248 g/mol. The van der Waals surface area contributed by atoms with Crippen molar-refractivity contribution in [1.82, 2.24) is 5.32 Å². The van der Waals surface area contributed by atoms with Crippen molar-refractivity contribution < 1.29 is 14.8 Å². The molecule has 0 bridgehead atoms. The van der Waals surface area contributed by atoms with Gasteiger partial charge in [0.1, 0.15) is 0 Å². The Labute approximate surface area is 110 Å². The van der Waals surface area contributed by atoms with Gasteiger partial charge in [0.2, 0.25) is 0 Å². The smallest absolute Gasteiger partial charge is 0.270 e. The van der Waals surface area contributed by atoms with E-state index in [0.29, 0.717) is 12.8 Å². The minimum atomic E-state index is -0.823. The fourth-order valence-electron chi connectivity index (χ4n) is 2.32. The molecule has 102 valence electrons. The lowest BCUT2D eigenvalue weighted by Crippen LogP contribution is -2.40. The van der Waals surface area contributed by atoms with Gasteiger partial charge >= 0.3 is 0 Å². The second-order valence-electron chi connectivity index (χ2n) is 4.92. The average molecular weight is 264 g/mol. The molecule has 0 aromatic heterocycles. The Hall–Kier alpha value is -1.95. The van der Waals surface area contributed by atoms with Crippen LogP contribution in [0.1, 0.15) is 36.0 Å². The standard InChI is InChI=1S/C13H16N2O4/c16-12(14-9-13(17)6-1-2-7-13)10-4-3-5-11(8-10)15(18)19/h3-5,8,17H,1-2,6-7,9H2,(H,14,16). The van der Waals surface area contributed by atoms with Crippen LogP contribution in [0.4, 0.5) is 5.69 Å². The second-order valence-corrected chi connectivity index (χ2v) is 4.92. The Morgan fingerprint density at radius 2 is 2.11 bits per heavy atom. The molecule has 1 aromatic carbocycles. The van der Waals surface area contributed by atoms with Crippen LogP contribution in [0.2, 0.25) is 0 Å². The maximum Gasteiger partial charge on any atom is 0.270 e. The maximum absolute atomic E-state index is 11.9. The molecule has 0 heterocycles. The van der Waals surface area contributed by atoms with Crippen LogP contribution >= 0.6 is 0 Å². The van der Waals surface area contributed by atoms with Gasteiger partial charge in [-0.25, -0.2) is 0 Å². The van der Waals surface area contributed by atoms with Gasteiger partial charge in [-0.1, -0.05) is 18.9 Å². The Balaban J connectivity index is 1.99. The van der Waals surface area contributed by atoms with Gasteiger partial charge in [0.05, 0.1) is 10.5 Å². The van der Waals surface area contributed by atoms with Crippen LogP contribution in [0.25, 0.3) is 0 Å². The third-order valence-electron chi connectivity index (χ3n) is 3.43. The van der Waals surface area contributed by atoms with Crippen molar-refractivity contribution in [2.75, 3.05) is 6.54 Å². The minimum Gasteiger partial charge on any atom is -0.388 e. The van der Waals surface area contributed by atoms with Crippen LogP contribution in [0.3, 0.4) is 0 Å². The average Bonchev–Trinajstić information content (AvgIpc) is 2.83. The number of rotatable bonds is 4. The van der Waals surface area contributed by atoms with Crippen LogP contribution in [0, 0.1) is 10.1 Å². The molecule has 1 aromatic rings. The largest absolute Gasteiger partial charge is 0.388 e. The van der Waals surface area contributed by atoms with E-state index in [1.807, 2.05) is 0 Å². The van der Waals surface area contributed by atoms with Crippen molar-refractivity contribution in [3.8, 4) is 0 Å². The fraction of sp³-hybridized carbons (Fsp3) is 0.462. The summed E-state index contributed by atoms with van der Waals surface area (Å²) in [6.45, 7) is 0.189. The molecule has 1 saturated carbocycles. The molecule has 19 heavy (non-hydrogen) atoms. The molecule has 0 saturated heterocycles. The molecule has 0 aliphatic heterocycles.